The first-order chi connectivity index (χ1) is 11.0. The van der Waals surface area contributed by atoms with Crippen LogP contribution in [0.3, 0.4) is 0 Å². The van der Waals surface area contributed by atoms with Crippen molar-refractivity contribution in [2.24, 2.45) is 0 Å². The molecule has 0 aromatic heterocycles. The van der Waals surface area contributed by atoms with E-state index in [0.717, 1.165) is 5.56 Å². The zero-order chi connectivity index (χ0) is 16.6. The molecule has 2 N–H and O–H groups in total. The number of aliphatic hydroxyl groups is 1. The van der Waals surface area contributed by atoms with Crippen LogP contribution in [0.1, 0.15) is 21.5 Å². The smallest absolute Gasteiger partial charge is 0.263 e. The standard InChI is InChI=1S/C18H13NO4/c1-10-5-4-6-11(9-10)19-18(23)14-15(20)12-7-2-3-8-13(12)16(21)17(14)22/h2-9,20H,1H3,(H,19,23). The number of carbonyl (C=O) groups is 3. The molecule has 5 heteroatoms. The highest BCUT2D eigenvalue weighted by atomic mass is 16.3. The largest absolute Gasteiger partial charge is 0.506 e. The highest BCUT2D eigenvalue weighted by molar-refractivity contribution is 6.57. The van der Waals surface area contributed by atoms with Crippen molar-refractivity contribution in [3.05, 3.63) is 70.8 Å². The Balaban J connectivity index is 2.02. The van der Waals surface area contributed by atoms with E-state index in [0.29, 0.717) is 5.69 Å². The lowest BCUT2D eigenvalue weighted by atomic mass is 9.88. The predicted octanol–water partition coefficient (Wildman–Crippen LogP) is 2.67. The molecule has 0 unspecified atom stereocenters. The molecule has 2 aromatic rings. The van der Waals surface area contributed by atoms with Crippen LogP contribution < -0.4 is 5.32 Å². The van der Waals surface area contributed by atoms with Crippen LogP contribution in [0.4, 0.5) is 5.69 Å². The van der Waals surface area contributed by atoms with Crippen LogP contribution in [0.5, 0.6) is 0 Å². The maximum Gasteiger partial charge on any atom is 0.263 e. The second-order valence-corrected chi connectivity index (χ2v) is 5.25. The van der Waals surface area contributed by atoms with E-state index in [4.69, 9.17) is 0 Å². The van der Waals surface area contributed by atoms with Gasteiger partial charge in [0.2, 0.25) is 11.6 Å². The van der Waals surface area contributed by atoms with Crippen LogP contribution in [-0.4, -0.2) is 22.6 Å². The lowest BCUT2D eigenvalue weighted by Crippen LogP contribution is -2.31. The van der Waals surface area contributed by atoms with Gasteiger partial charge in [0, 0.05) is 16.8 Å². The number of Topliss-reactive ketones (excluding diaryl/α,β-unsaturated/α-hetero) is 2. The molecule has 0 radical (unpaired) electrons. The van der Waals surface area contributed by atoms with Gasteiger partial charge in [0.15, 0.2) is 0 Å². The van der Waals surface area contributed by atoms with E-state index in [9.17, 15) is 19.5 Å². The number of hydrogen-bond donors (Lipinski definition) is 2. The van der Waals surface area contributed by atoms with E-state index < -0.39 is 28.8 Å². The Kier molecular flexibility index (Phi) is 3.54. The maximum atomic E-state index is 12.4. The summed E-state index contributed by atoms with van der Waals surface area (Å²) in [5.74, 6) is -3.09. The number of anilines is 1. The Morgan fingerprint density at radius 2 is 1.65 bits per heavy atom. The van der Waals surface area contributed by atoms with Gasteiger partial charge in [-0.25, -0.2) is 0 Å². The Morgan fingerprint density at radius 1 is 0.957 bits per heavy atom. The summed E-state index contributed by atoms with van der Waals surface area (Å²) < 4.78 is 0. The van der Waals surface area contributed by atoms with E-state index in [1.807, 2.05) is 13.0 Å². The van der Waals surface area contributed by atoms with Crippen LogP contribution in [0.25, 0.3) is 5.76 Å². The van der Waals surface area contributed by atoms with Crippen molar-refractivity contribution in [2.75, 3.05) is 5.32 Å². The average molecular weight is 307 g/mol. The summed E-state index contributed by atoms with van der Waals surface area (Å²) in [6.07, 6.45) is 0. The van der Waals surface area contributed by atoms with Gasteiger partial charge in [0.25, 0.3) is 5.91 Å². The normalized spacial score (nSPS) is 13.8. The van der Waals surface area contributed by atoms with Gasteiger partial charge in [-0.1, -0.05) is 36.4 Å². The molecule has 0 saturated carbocycles. The molecule has 3 rings (SSSR count). The Labute approximate surface area is 132 Å². The number of rotatable bonds is 2. The van der Waals surface area contributed by atoms with E-state index in [-0.39, 0.29) is 11.1 Å². The van der Waals surface area contributed by atoms with Crippen LogP contribution in [0, 0.1) is 6.92 Å². The highest BCUT2D eigenvalue weighted by Crippen LogP contribution is 2.28. The fourth-order valence-corrected chi connectivity index (χ4v) is 2.49. The van der Waals surface area contributed by atoms with Gasteiger partial charge < -0.3 is 10.4 Å². The second-order valence-electron chi connectivity index (χ2n) is 5.25. The first-order valence-corrected chi connectivity index (χ1v) is 6.98. The maximum absolute atomic E-state index is 12.4. The summed E-state index contributed by atoms with van der Waals surface area (Å²) >= 11 is 0. The fourth-order valence-electron chi connectivity index (χ4n) is 2.49. The fraction of sp³-hybridized carbons (Fsp3) is 0.0556. The first kappa shape index (κ1) is 14.7. The third kappa shape index (κ3) is 2.53. The molecular weight excluding hydrogens is 294 g/mol. The molecule has 1 aliphatic rings. The van der Waals surface area contributed by atoms with Crippen LogP contribution in [0.2, 0.25) is 0 Å². The highest BCUT2D eigenvalue weighted by Gasteiger charge is 2.36. The van der Waals surface area contributed by atoms with Gasteiger partial charge in [0.1, 0.15) is 11.3 Å². The number of nitrogens with one attached hydrogen (secondary N) is 1. The Bertz CT molecular complexity index is 880. The topological polar surface area (TPSA) is 83.5 Å². The SMILES string of the molecule is Cc1cccc(NC(=O)C2=C(O)c3ccccc3C(=O)C2=O)c1. The van der Waals surface area contributed by atoms with Gasteiger partial charge in [-0.2, -0.15) is 0 Å². The monoisotopic (exact) mass is 307 g/mol. The molecule has 0 spiro atoms. The number of ketones is 2. The van der Waals surface area contributed by atoms with Gasteiger partial charge in [0.05, 0.1) is 0 Å². The molecule has 0 fully saturated rings. The zero-order valence-electron chi connectivity index (χ0n) is 12.3. The quantitative estimate of drug-likeness (QED) is 0.660. The minimum absolute atomic E-state index is 0.0992. The second kappa shape index (κ2) is 5.53. The number of aryl methyl sites for hydroxylation is 1. The number of carbonyl (C=O) groups excluding carboxylic acids is 3. The molecular formula is C18H13NO4. The molecule has 0 heterocycles. The van der Waals surface area contributed by atoms with Gasteiger partial charge in [-0.05, 0) is 24.6 Å². The summed E-state index contributed by atoms with van der Waals surface area (Å²) in [6.45, 7) is 1.86. The van der Waals surface area contributed by atoms with Crippen LogP contribution in [0.15, 0.2) is 54.1 Å². The zero-order valence-corrected chi connectivity index (χ0v) is 12.3. The summed E-state index contributed by atoms with van der Waals surface area (Å²) in [6, 6.07) is 13.1. The van der Waals surface area contributed by atoms with Gasteiger partial charge in [-0.3, -0.25) is 14.4 Å². The Morgan fingerprint density at radius 3 is 2.35 bits per heavy atom. The number of aliphatic hydroxyl groups excluding tert-OH is 1. The van der Waals surface area contributed by atoms with Crippen molar-refractivity contribution in [1.29, 1.82) is 0 Å². The molecule has 23 heavy (non-hydrogen) atoms. The predicted molar refractivity (Wildman–Crippen MR) is 85.1 cm³/mol. The van der Waals surface area contributed by atoms with Crippen molar-refractivity contribution in [1.82, 2.24) is 0 Å². The lowest BCUT2D eigenvalue weighted by molar-refractivity contribution is -0.118. The summed E-state index contributed by atoms with van der Waals surface area (Å²) in [7, 11) is 0. The summed E-state index contributed by atoms with van der Waals surface area (Å²) in [5.41, 5.74) is 1.16. The molecule has 0 aliphatic heterocycles. The van der Waals surface area contributed by atoms with Gasteiger partial charge in [-0.15, -0.1) is 0 Å². The van der Waals surface area contributed by atoms with E-state index >= 15 is 0 Å². The van der Waals surface area contributed by atoms with Crippen molar-refractivity contribution in [3.63, 3.8) is 0 Å². The first-order valence-electron chi connectivity index (χ1n) is 6.98. The van der Waals surface area contributed by atoms with Crippen molar-refractivity contribution in [2.45, 2.75) is 6.92 Å². The molecule has 0 atom stereocenters. The van der Waals surface area contributed by atoms with E-state index in [1.165, 1.54) is 12.1 Å². The van der Waals surface area contributed by atoms with Crippen molar-refractivity contribution >= 4 is 28.9 Å². The number of hydrogen-bond acceptors (Lipinski definition) is 4. The third-order valence-corrected chi connectivity index (χ3v) is 3.60. The molecule has 0 bridgehead atoms. The lowest BCUT2D eigenvalue weighted by Gasteiger charge is -2.17. The number of amides is 1. The molecule has 1 aliphatic carbocycles. The molecule has 5 nitrogen and oxygen atoms in total. The number of benzene rings is 2. The minimum Gasteiger partial charge on any atom is -0.506 e. The third-order valence-electron chi connectivity index (χ3n) is 3.60. The van der Waals surface area contributed by atoms with E-state index in [1.54, 1.807) is 30.3 Å². The minimum atomic E-state index is -1.01. The van der Waals surface area contributed by atoms with Crippen LogP contribution in [-0.2, 0) is 9.59 Å². The van der Waals surface area contributed by atoms with Crippen LogP contribution >= 0.6 is 0 Å². The van der Waals surface area contributed by atoms with Gasteiger partial charge >= 0.3 is 0 Å². The summed E-state index contributed by atoms with van der Waals surface area (Å²) in [5, 5.41) is 12.8. The van der Waals surface area contributed by atoms with Crippen molar-refractivity contribution < 1.29 is 19.5 Å². The summed E-state index contributed by atoms with van der Waals surface area (Å²) in [4.78, 5) is 36.6. The average Bonchev–Trinajstić information content (AvgIpc) is 2.53. The van der Waals surface area contributed by atoms with Crippen molar-refractivity contribution in [3.8, 4) is 0 Å². The van der Waals surface area contributed by atoms with E-state index in [2.05, 4.69) is 5.32 Å². The molecule has 1 amide bonds. The molecule has 0 saturated heterocycles. The molecule has 114 valence electrons. The molecule has 2 aromatic carbocycles. The number of fused-ring (bicyclic) bond motifs is 1. The Hall–Kier alpha value is -3.21.